The molecule has 236 valence electrons. The van der Waals surface area contributed by atoms with Crippen LogP contribution in [-0.4, -0.2) is 82.8 Å². The number of rotatable bonds is 10. The second-order valence-corrected chi connectivity index (χ2v) is 12.7. The number of hydrogen-bond acceptors (Lipinski definition) is 6. The summed E-state index contributed by atoms with van der Waals surface area (Å²) in [5.74, 6) is -0.504. The van der Waals surface area contributed by atoms with Gasteiger partial charge in [-0.1, -0.05) is 69.0 Å². The zero-order valence-corrected chi connectivity index (χ0v) is 26.0. The Bertz CT molecular complexity index is 1330. The lowest BCUT2D eigenvalue weighted by Gasteiger charge is -2.52. The Hall–Kier alpha value is -3.56. The normalized spacial score (nSPS) is 21.6. The summed E-state index contributed by atoms with van der Waals surface area (Å²) in [6.45, 7) is 4.62. The third-order valence-electron chi connectivity index (χ3n) is 9.91. The molecular formula is C35H46N4O5. The average molecular weight is 603 g/mol. The summed E-state index contributed by atoms with van der Waals surface area (Å²) in [6, 6.07) is 13.3. The number of nitrogens with zero attached hydrogens (tertiary/aromatic N) is 2. The van der Waals surface area contributed by atoms with Crippen LogP contribution in [0, 0.1) is 5.92 Å². The fourth-order valence-corrected chi connectivity index (χ4v) is 7.14. The van der Waals surface area contributed by atoms with E-state index in [9.17, 15) is 24.3 Å². The smallest absolute Gasteiger partial charge is 0.251 e. The lowest BCUT2D eigenvalue weighted by atomic mass is 9.78. The van der Waals surface area contributed by atoms with Crippen LogP contribution in [0.1, 0.15) is 96.6 Å². The molecule has 9 nitrogen and oxygen atoms in total. The highest BCUT2D eigenvalue weighted by atomic mass is 16.3. The molecule has 2 atom stereocenters. The molecular weight excluding hydrogens is 556 g/mol. The number of aliphatic hydroxyl groups excluding tert-OH is 1. The highest BCUT2D eigenvalue weighted by molar-refractivity contribution is 6.09. The van der Waals surface area contributed by atoms with Gasteiger partial charge in [-0.2, -0.15) is 0 Å². The van der Waals surface area contributed by atoms with E-state index in [1.54, 1.807) is 31.3 Å². The SMILES string of the molecule is CCCCN1C(=O)[C@@H]([C@H](O)C2CCCCC2)NC(=O)C12CCN(Cc1ccc(C(=O)c3ccc(C(=O)NC)cc3)cc1)CC2. The molecule has 5 rings (SSSR count). The summed E-state index contributed by atoms with van der Waals surface area (Å²) in [5.41, 5.74) is 1.79. The standard InChI is InChI=1S/C35H46N4O5/c1-3-4-20-39-33(43)29(31(41)25-8-6-5-7-9-25)37-34(44)35(39)18-21-38(22-19-35)23-24-10-12-26(13-11-24)30(40)27-14-16-28(17-15-27)32(42)36-2/h10-17,25,29,31,41H,3-9,18-23H2,1-2H3,(H,36,42)(H,37,44)/t29-,31-/m1/s1. The van der Waals surface area contributed by atoms with Crippen molar-refractivity contribution in [3.63, 3.8) is 0 Å². The highest BCUT2D eigenvalue weighted by Gasteiger charge is 2.55. The Morgan fingerprint density at radius 2 is 1.55 bits per heavy atom. The maximum Gasteiger partial charge on any atom is 0.251 e. The summed E-state index contributed by atoms with van der Waals surface area (Å²) in [7, 11) is 1.57. The van der Waals surface area contributed by atoms with Gasteiger partial charge in [0.2, 0.25) is 11.8 Å². The van der Waals surface area contributed by atoms with Crippen molar-refractivity contribution in [3.8, 4) is 0 Å². The van der Waals surface area contributed by atoms with E-state index in [0.717, 1.165) is 50.5 Å². The van der Waals surface area contributed by atoms with Gasteiger partial charge in [0, 0.05) is 49.9 Å². The van der Waals surface area contributed by atoms with E-state index in [0.29, 0.717) is 55.7 Å². The minimum Gasteiger partial charge on any atom is -0.390 e. The molecule has 3 amide bonds. The van der Waals surface area contributed by atoms with Crippen molar-refractivity contribution in [1.29, 1.82) is 0 Å². The van der Waals surface area contributed by atoms with E-state index < -0.39 is 17.7 Å². The highest BCUT2D eigenvalue weighted by Crippen LogP contribution is 2.36. The summed E-state index contributed by atoms with van der Waals surface area (Å²) in [4.78, 5) is 56.5. The van der Waals surface area contributed by atoms with Crippen molar-refractivity contribution >= 4 is 23.5 Å². The Morgan fingerprint density at radius 1 is 0.955 bits per heavy atom. The van der Waals surface area contributed by atoms with Gasteiger partial charge < -0.3 is 20.6 Å². The molecule has 0 radical (unpaired) electrons. The summed E-state index contributed by atoms with van der Waals surface area (Å²) in [5, 5.41) is 16.7. The number of aliphatic hydroxyl groups is 1. The van der Waals surface area contributed by atoms with E-state index >= 15 is 0 Å². The molecule has 2 aromatic rings. The van der Waals surface area contributed by atoms with Crippen LogP contribution in [0.5, 0.6) is 0 Å². The molecule has 2 heterocycles. The molecule has 44 heavy (non-hydrogen) atoms. The number of likely N-dealkylation sites (tertiary alicyclic amines) is 1. The van der Waals surface area contributed by atoms with Gasteiger partial charge in [0.1, 0.15) is 11.6 Å². The molecule has 2 saturated heterocycles. The zero-order chi connectivity index (χ0) is 31.3. The number of unbranched alkanes of at least 4 members (excludes halogenated alkanes) is 1. The second-order valence-electron chi connectivity index (χ2n) is 12.7. The maximum absolute atomic E-state index is 13.8. The van der Waals surface area contributed by atoms with E-state index in [4.69, 9.17) is 0 Å². The van der Waals surface area contributed by atoms with Crippen LogP contribution >= 0.6 is 0 Å². The Morgan fingerprint density at radius 3 is 2.14 bits per heavy atom. The van der Waals surface area contributed by atoms with Crippen LogP contribution in [0.25, 0.3) is 0 Å². The number of carbonyl (C=O) groups excluding carboxylic acids is 4. The largest absolute Gasteiger partial charge is 0.390 e. The minimum absolute atomic E-state index is 0.0539. The quantitative estimate of drug-likeness (QED) is 0.357. The van der Waals surface area contributed by atoms with Crippen LogP contribution in [-0.2, 0) is 16.1 Å². The molecule has 9 heteroatoms. The fourth-order valence-electron chi connectivity index (χ4n) is 7.14. The second kappa shape index (κ2) is 14.0. The Labute approximate surface area is 260 Å². The maximum atomic E-state index is 13.8. The summed E-state index contributed by atoms with van der Waals surface area (Å²) < 4.78 is 0. The topological polar surface area (TPSA) is 119 Å². The monoisotopic (exact) mass is 602 g/mol. The molecule has 0 unspecified atom stereocenters. The average Bonchev–Trinajstić information content (AvgIpc) is 3.07. The molecule has 1 spiro atoms. The third kappa shape index (κ3) is 6.59. The molecule has 2 aromatic carbocycles. The van der Waals surface area contributed by atoms with Crippen LogP contribution in [0.2, 0.25) is 0 Å². The van der Waals surface area contributed by atoms with E-state index in [1.807, 2.05) is 29.2 Å². The first-order valence-electron chi connectivity index (χ1n) is 16.3. The van der Waals surface area contributed by atoms with E-state index in [1.165, 1.54) is 0 Å². The molecule has 1 saturated carbocycles. The summed E-state index contributed by atoms with van der Waals surface area (Å²) in [6.07, 6.45) is 7.07. The summed E-state index contributed by atoms with van der Waals surface area (Å²) >= 11 is 0. The number of nitrogens with one attached hydrogen (secondary N) is 2. The minimum atomic E-state index is -0.880. The fraction of sp³-hybridized carbons (Fsp3) is 0.543. The number of carbonyl (C=O) groups is 4. The van der Waals surface area contributed by atoms with Crippen LogP contribution in [0.4, 0.5) is 0 Å². The van der Waals surface area contributed by atoms with E-state index in [2.05, 4.69) is 22.5 Å². The molecule has 3 aliphatic rings. The van der Waals surface area contributed by atoms with Gasteiger partial charge in [-0.3, -0.25) is 24.1 Å². The van der Waals surface area contributed by atoms with Crippen molar-refractivity contribution in [2.75, 3.05) is 26.7 Å². The van der Waals surface area contributed by atoms with Crippen molar-refractivity contribution in [2.24, 2.45) is 5.92 Å². The number of ketones is 1. The van der Waals surface area contributed by atoms with Crippen LogP contribution < -0.4 is 10.6 Å². The first-order valence-corrected chi connectivity index (χ1v) is 16.3. The van der Waals surface area contributed by atoms with Crippen LogP contribution in [0.3, 0.4) is 0 Å². The van der Waals surface area contributed by atoms with Crippen molar-refractivity contribution < 1.29 is 24.3 Å². The van der Waals surface area contributed by atoms with Crippen molar-refractivity contribution in [3.05, 3.63) is 70.8 Å². The number of amides is 3. The first kappa shape index (κ1) is 31.9. The molecule has 3 N–H and O–H groups in total. The van der Waals surface area contributed by atoms with Crippen molar-refractivity contribution in [1.82, 2.24) is 20.4 Å². The number of piperazine rings is 1. The molecule has 3 fully saturated rings. The molecule has 2 aliphatic heterocycles. The van der Waals surface area contributed by atoms with Gasteiger partial charge in [0.15, 0.2) is 5.78 Å². The van der Waals surface area contributed by atoms with Gasteiger partial charge >= 0.3 is 0 Å². The predicted molar refractivity (Wildman–Crippen MR) is 168 cm³/mol. The predicted octanol–water partition coefficient (Wildman–Crippen LogP) is 3.68. The zero-order valence-electron chi connectivity index (χ0n) is 26.0. The Balaban J connectivity index is 1.21. The van der Waals surface area contributed by atoms with Crippen LogP contribution in [0.15, 0.2) is 48.5 Å². The van der Waals surface area contributed by atoms with Gasteiger partial charge in [-0.05, 0) is 55.7 Å². The van der Waals surface area contributed by atoms with Gasteiger partial charge in [-0.15, -0.1) is 0 Å². The van der Waals surface area contributed by atoms with E-state index in [-0.39, 0.29) is 29.4 Å². The molecule has 0 aromatic heterocycles. The molecule has 1 aliphatic carbocycles. The van der Waals surface area contributed by atoms with Gasteiger partial charge in [0.05, 0.1) is 6.10 Å². The van der Waals surface area contributed by atoms with Crippen molar-refractivity contribution in [2.45, 2.75) is 88.9 Å². The van der Waals surface area contributed by atoms with Gasteiger partial charge in [0.25, 0.3) is 5.91 Å². The first-order chi connectivity index (χ1) is 21.3. The lowest BCUT2D eigenvalue weighted by molar-refractivity contribution is -0.166. The number of benzene rings is 2. The lowest BCUT2D eigenvalue weighted by Crippen LogP contribution is -2.75. The molecule has 0 bridgehead atoms. The third-order valence-corrected chi connectivity index (χ3v) is 9.91. The number of piperidine rings is 1. The number of hydrogen-bond donors (Lipinski definition) is 3. The Kier molecular flexibility index (Phi) is 10.2. The van der Waals surface area contributed by atoms with Gasteiger partial charge in [-0.25, -0.2) is 0 Å².